The quantitative estimate of drug-likeness (QED) is 0.442. The highest BCUT2D eigenvalue weighted by Crippen LogP contribution is 2.39. The monoisotopic (exact) mass is 436 g/mol. The first kappa shape index (κ1) is 20.2. The predicted molar refractivity (Wildman–Crippen MR) is 116 cm³/mol. The van der Waals surface area contributed by atoms with Crippen LogP contribution in [0, 0.1) is 0 Å². The summed E-state index contributed by atoms with van der Waals surface area (Å²) in [5.74, 6) is 0.186. The maximum atomic E-state index is 13.3. The van der Waals surface area contributed by atoms with E-state index in [9.17, 15) is 18.0 Å². The van der Waals surface area contributed by atoms with Crippen LogP contribution in [0.15, 0.2) is 54.9 Å². The van der Waals surface area contributed by atoms with Crippen LogP contribution in [0.2, 0.25) is 0 Å². The molecule has 1 atom stereocenters. The van der Waals surface area contributed by atoms with Crippen LogP contribution in [0.4, 0.5) is 19.0 Å². The minimum absolute atomic E-state index is 0.210. The number of aryl methyl sites for hydroxylation is 1. The topological polar surface area (TPSA) is 72.1 Å². The van der Waals surface area contributed by atoms with Gasteiger partial charge < -0.3 is 10.6 Å². The Morgan fingerprint density at radius 3 is 2.69 bits per heavy atom. The molecule has 0 bridgehead atoms. The van der Waals surface area contributed by atoms with Crippen LogP contribution in [0.5, 0.6) is 0 Å². The van der Waals surface area contributed by atoms with E-state index in [0.29, 0.717) is 35.3 Å². The maximum Gasteiger partial charge on any atom is 0.416 e. The Kier molecular flexibility index (Phi) is 4.54. The largest absolute Gasteiger partial charge is 0.416 e. The zero-order chi connectivity index (χ0) is 22.6. The van der Waals surface area contributed by atoms with Crippen molar-refractivity contribution in [3.63, 3.8) is 0 Å². The highest BCUT2D eigenvalue weighted by atomic mass is 19.4. The molecule has 1 aliphatic carbocycles. The number of aromatic nitrogens is 2. The van der Waals surface area contributed by atoms with Gasteiger partial charge >= 0.3 is 6.18 Å². The Morgan fingerprint density at radius 2 is 1.91 bits per heavy atom. The normalized spacial score (nSPS) is 15.8. The van der Waals surface area contributed by atoms with E-state index in [0.717, 1.165) is 27.8 Å². The van der Waals surface area contributed by atoms with E-state index in [1.54, 1.807) is 48.6 Å². The Hall–Kier alpha value is -3.68. The van der Waals surface area contributed by atoms with E-state index in [-0.39, 0.29) is 11.9 Å². The van der Waals surface area contributed by atoms with Crippen LogP contribution in [-0.2, 0) is 12.6 Å². The number of carbonyl (C=O) groups excluding carboxylic acids is 1. The fourth-order valence-corrected chi connectivity index (χ4v) is 4.52. The summed E-state index contributed by atoms with van der Waals surface area (Å²) in [5.41, 5.74) is 7.92. The van der Waals surface area contributed by atoms with Crippen LogP contribution in [0.1, 0.15) is 39.5 Å². The summed E-state index contributed by atoms with van der Waals surface area (Å²) in [6.07, 6.45) is 0.0288. The van der Waals surface area contributed by atoms with Gasteiger partial charge in [-0.15, -0.1) is 0 Å². The van der Waals surface area contributed by atoms with Gasteiger partial charge in [0, 0.05) is 41.2 Å². The van der Waals surface area contributed by atoms with E-state index in [1.807, 2.05) is 0 Å². The summed E-state index contributed by atoms with van der Waals surface area (Å²) in [7, 11) is 1.69. The first-order chi connectivity index (χ1) is 15.2. The number of amides is 1. The second kappa shape index (κ2) is 7.19. The SMILES string of the molecule is CN(C(=O)c1ccc2nc(N)c3ccncc3c2c1)[C@@H]1CCc2cc(C(F)(F)F)ccc21. The summed E-state index contributed by atoms with van der Waals surface area (Å²) in [6, 6.07) is 10.5. The van der Waals surface area contributed by atoms with E-state index in [2.05, 4.69) is 9.97 Å². The van der Waals surface area contributed by atoms with Crippen LogP contribution >= 0.6 is 0 Å². The second-order valence-electron chi connectivity index (χ2n) is 8.03. The molecule has 1 aliphatic rings. The van der Waals surface area contributed by atoms with Crippen LogP contribution in [0.25, 0.3) is 21.7 Å². The minimum Gasteiger partial charge on any atom is -0.383 e. The summed E-state index contributed by atoms with van der Waals surface area (Å²) in [5, 5.41) is 2.33. The third-order valence-electron chi connectivity index (χ3n) is 6.18. The Balaban J connectivity index is 1.50. The standard InChI is InChI=1S/C24H19F3N4O/c1-31(21-7-3-13-10-15(24(25,26)27)4-5-16(13)21)23(32)14-2-6-20-18(11-14)19-12-29-9-8-17(19)22(28)30-20/h2,4-6,8-12,21H,3,7H2,1H3,(H2,28,30)/t21-/m1/s1. The van der Waals surface area contributed by atoms with Crippen molar-refractivity contribution in [3.05, 3.63) is 77.1 Å². The van der Waals surface area contributed by atoms with Gasteiger partial charge in [-0.1, -0.05) is 6.07 Å². The molecule has 8 heteroatoms. The van der Waals surface area contributed by atoms with Gasteiger partial charge in [0.2, 0.25) is 0 Å². The van der Waals surface area contributed by atoms with Crippen LogP contribution in [0.3, 0.4) is 0 Å². The van der Waals surface area contributed by atoms with E-state index < -0.39 is 11.7 Å². The predicted octanol–water partition coefficient (Wildman–Crippen LogP) is 5.14. The molecule has 2 aromatic heterocycles. The van der Waals surface area contributed by atoms with E-state index in [1.165, 1.54) is 12.1 Å². The van der Waals surface area contributed by atoms with Crippen molar-refractivity contribution in [2.45, 2.75) is 25.1 Å². The summed E-state index contributed by atoms with van der Waals surface area (Å²) >= 11 is 0. The average molecular weight is 436 g/mol. The molecule has 2 N–H and O–H groups in total. The van der Waals surface area contributed by atoms with Gasteiger partial charge in [0.1, 0.15) is 5.82 Å². The zero-order valence-corrected chi connectivity index (χ0v) is 17.1. The Morgan fingerprint density at radius 1 is 1.09 bits per heavy atom. The van der Waals surface area contributed by atoms with Gasteiger partial charge in [-0.05, 0) is 60.4 Å². The number of anilines is 1. The molecule has 0 unspecified atom stereocenters. The van der Waals surface area contributed by atoms with Crippen LogP contribution < -0.4 is 5.73 Å². The van der Waals surface area contributed by atoms with Gasteiger partial charge in [0.15, 0.2) is 0 Å². The van der Waals surface area contributed by atoms with Crippen molar-refractivity contribution >= 4 is 33.4 Å². The number of nitrogen functional groups attached to an aromatic ring is 1. The lowest BCUT2D eigenvalue weighted by molar-refractivity contribution is -0.137. The van der Waals surface area contributed by atoms with E-state index >= 15 is 0 Å². The van der Waals surface area contributed by atoms with Crippen molar-refractivity contribution in [2.24, 2.45) is 0 Å². The average Bonchev–Trinajstić information content (AvgIpc) is 3.21. The van der Waals surface area contributed by atoms with Gasteiger partial charge in [-0.3, -0.25) is 9.78 Å². The molecule has 0 radical (unpaired) electrons. The lowest BCUT2D eigenvalue weighted by Crippen LogP contribution is -2.30. The molecule has 2 heterocycles. The lowest BCUT2D eigenvalue weighted by Gasteiger charge is -2.26. The highest BCUT2D eigenvalue weighted by molar-refractivity contribution is 6.11. The fraction of sp³-hybridized carbons (Fsp3) is 0.208. The lowest BCUT2D eigenvalue weighted by atomic mass is 10.0. The third kappa shape index (κ3) is 3.23. The number of hydrogen-bond donors (Lipinski definition) is 1. The van der Waals surface area contributed by atoms with Crippen molar-refractivity contribution in [3.8, 4) is 0 Å². The molecular weight excluding hydrogens is 417 g/mol. The molecule has 0 spiro atoms. The Labute approximate surface area is 181 Å². The van der Waals surface area contributed by atoms with Crippen LogP contribution in [-0.4, -0.2) is 27.8 Å². The number of hydrogen-bond acceptors (Lipinski definition) is 4. The molecule has 0 saturated carbocycles. The zero-order valence-electron chi connectivity index (χ0n) is 17.1. The highest BCUT2D eigenvalue weighted by Gasteiger charge is 2.34. The number of benzene rings is 2. The number of halogens is 3. The van der Waals surface area contributed by atoms with E-state index in [4.69, 9.17) is 5.73 Å². The fourth-order valence-electron chi connectivity index (χ4n) is 4.52. The number of nitrogens with zero attached hydrogens (tertiary/aromatic N) is 3. The number of nitrogens with two attached hydrogens (primary N) is 1. The van der Waals surface area contributed by atoms with Gasteiger partial charge in [0.05, 0.1) is 17.1 Å². The van der Waals surface area contributed by atoms with Gasteiger partial charge in [0.25, 0.3) is 5.91 Å². The molecule has 0 aliphatic heterocycles. The molecule has 162 valence electrons. The molecule has 32 heavy (non-hydrogen) atoms. The summed E-state index contributed by atoms with van der Waals surface area (Å²) in [4.78, 5) is 23.5. The summed E-state index contributed by atoms with van der Waals surface area (Å²) in [6.45, 7) is 0. The van der Waals surface area contributed by atoms with Crippen molar-refractivity contribution in [1.82, 2.24) is 14.9 Å². The molecular formula is C24H19F3N4O. The molecule has 1 amide bonds. The number of fused-ring (bicyclic) bond motifs is 4. The number of carbonyl (C=O) groups is 1. The smallest absolute Gasteiger partial charge is 0.383 e. The first-order valence-electron chi connectivity index (χ1n) is 10.1. The molecule has 2 aromatic carbocycles. The molecule has 5 rings (SSSR count). The minimum atomic E-state index is -4.38. The number of alkyl halides is 3. The van der Waals surface area contributed by atoms with Crippen molar-refractivity contribution in [2.75, 3.05) is 12.8 Å². The molecule has 0 fully saturated rings. The third-order valence-corrected chi connectivity index (χ3v) is 6.18. The van der Waals surface area contributed by atoms with Crippen molar-refractivity contribution in [1.29, 1.82) is 0 Å². The Bertz CT molecular complexity index is 1380. The number of rotatable bonds is 2. The second-order valence-corrected chi connectivity index (χ2v) is 8.03. The molecule has 0 saturated heterocycles. The van der Waals surface area contributed by atoms with Gasteiger partial charge in [-0.2, -0.15) is 13.2 Å². The van der Waals surface area contributed by atoms with Gasteiger partial charge in [-0.25, -0.2) is 4.98 Å². The first-order valence-corrected chi connectivity index (χ1v) is 10.1. The molecule has 4 aromatic rings. The maximum absolute atomic E-state index is 13.3. The summed E-state index contributed by atoms with van der Waals surface area (Å²) < 4.78 is 39.1. The number of pyridine rings is 2. The van der Waals surface area contributed by atoms with Crippen molar-refractivity contribution < 1.29 is 18.0 Å². The molecule has 5 nitrogen and oxygen atoms in total.